The van der Waals surface area contributed by atoms with Crippen LogP contribution in [0.15, 0.2) is 28.8 Å². The van der Waals surface area contributed by atoms with Gasteiger partial charge in [0.1, 0.15) is 5.69 Å². The van der Waals surface area contributed by atoms with Gasteiger partial charge in [-0.2, -0.15) is 0 Å². The predicted octanol–water partition coefficient (Wildman–Crippen LogP) is 3.70. The Morgan fingerprint density at radius 2 is 1.92 bits per heavy atom. The van der Waals surface area contributed by atoms with E-state index in [9.17, 15) is 4.79 Å². The maximum Gasteiger partial charge on any atom is 0.225 e. The van der Waals surface area contributed by atoms with Crippen LogP contribution in [-0.2, 0) is 11.3 Å². The second-order valence-corrected chi connectivity index (χ2v) is 7.52. The summed E-state index contributed by atoms with van der Waals surface area (Å²) >= 11 is 12.2. The molecule has 1 saturated heterocycles. The molecule has 0 unspecified atom stereocenters. The number of hydrogen-bond donors (Lipinski definition) is 0. The average molecular weight is 380 g/mol. The number of piperazine rings is 1. The van der Waals surface area contributed by atoms with E-state index in [4.69, 9.17) is 27.7 Å². The topological polar surface area (TPSA) is 49.6 Å². The first-order valence-corrected chi connectivity index (χ1v) is 9.28. The lowest BCUT2D eigenvalue weighted by Crippen LogP contribution is -2.48. The number of benzene rings is 1. The van der Waals surface area contributed by atoms with Crippen LogP contribution >= 0.6 is 23.2 Å². The van der Waals surface area contributed by atoms with Crippen LogP contribution < -0.4 is 0 Å². The number of aromatic nitrogens is 1. The normalized spacial score (nSPS) is 18.6. The Morgan fingerprint density at radius 3 is 2.60 bits per heavy atom. The van der Waals surface area contributed by atoms with E-state index < -0.39 is 0 Å². The van der Waals surface area contributed by atoms with Crippen LogP contribution in [0.2, 0.25) is 10.0 Å². The van der Waals surface area contributed by atoms with E-state index in [0.717, 1.165) is 50.3 Å². The van der Waals surface area contributed by atoms with Crippen LogP contribution in [0.1, 0.15) is 18.6 Å². The van der Waals surface area contributed by atoms with Crippen molar-refractivity contribution in [1.29, 1.82) is 0 Å². The second kappa shape index (κ2) is 6.98. The fraction of sp³-hybridized carbons (Fsp3) is 0.444. The Labute approximate surface area is 156 Å². The SMILES string of the molecule is O=C(C1CC1)N1CCN(Cc2cc(-c3ccc(Cl)cc3Cl)no2)CC1. The van der Waals surface area contributed by atoms with Crippen LogP contribution in [0.5, 0.6) is 0 Å². The minimum absolute atomic E-state index is 0.299. The van der Waals surface area contributed by atoms with E-state index in [1.807, 2.05) is 17.0 Å². The third kappa shape index (κ3) is 3.84. The molecule has 2 fully saturated rings. The molecule has 1 aromatic heterocycles. The van der Waals surface area contributed by atoms with E-state index in [2.05, 4.69) is 10.1 Å². The van der Waals surface area contributed by atoms with Gasteiger partial charge >= 0.3 is 0 Å². The summed E-state index contributed by atoms with van der Waals surface area (Å²) in [6, 6.07) is 7.24. The summed E-state index contributed by atoms with van der Waals surface area (Å²) in [5.74, 6) is 1.43. The van der Waals surface area contributed by atoms with Gasteiger partial charge in [0.2, 0.25) is 5.91 Å². The highest BCUT2D eigenvalue weighted by Gasteiger charge is 2.34. The Balaban J connectivity index is 1.36. The first-order valence-electron chi connectivity index (χ1n) is 8.52. The van der Waals surface area contributed by atoms with Crippen molar-refractivity contribution < 1.29 is 9.32 Å². The largest absolute Gasteiger partial charge is 0.359 e. The van der Waals surface area contributed by atoms with Crippen LogP contribution in [0.3, 0.4) is 0 Å². The van der Waals surface area contributed by atoms with E-state index >= 15 is 0 Å². The van der Waals surface area contributed by atoms with Crippen LogP contribution in [0, 0.1) is 5.92 Å². The Kier molecular flexibility index (Phi) is 4.71. The molecule has 2 aromatic rings. The Morgan fingerprint density at radius 1 is 1.16 bits per heavy atom. The van der Waals surface area contributed by atoms with Crippen molar-refractivity contribution in [2.24, 2.45) is 5.92 Å². The maximum atomic E-state index is 12.1. The molecule has 4 rings (SSSR count). The molecule has 1 aliphatic heterocycles. The standard InChI is InChI=1S/C18H19Cl2N3O2/c19-13-3-4-15(16(20)9-13)17-10-14(25-21-17)11-22-5-7-23(8-6-22)18(24)12-1-2-12/h3-4,9-10,12H,1-2,5-8,11H2. The Bertz CT molecular complexity index is 780. The molecule has 0 atom stereocenters. The summed E-state index contributed by atoms with van der Waals surface area (Å²) in [4.78, 5) is 16.4. The number of carbonyl (C=O) groups is 1. The molecule has 25 heavy (non-hydrogen) atoms. The highest BCUT2D eigenvalue weighted by molar-refractivity contribution is 6.36. The summed E-state index contributed by atoms with van der Waals surface area (Å²) in [6.07, 6.45) is 2.13. The molecule has 132 valence electrons. The van der Waals surface area contributed by atoms with Crippen molar-refractivity contribution in [3.05, 3.63) is 40.1 Å². The van der Waals surface area contributed by atoms with E-state index in [0.29, 0.717) is 34.1 Å². The fourth-order valence-electron chi connectivity index (χ4n) is 3.15. The lowest BCUT2D eigenvalue weighted by molar-refractivity contribution is -0.134. The molecule has 5 nitrogen and oxygen atoms in total. The maximum absolute atomic E-state index is 12.1. The molecule has 1 aliphatic carbocycles. The minimum Gasteiger partial charge on any atom is -0.359 e. The molecule has 1 saturated carbocycles. The first kappa shape index (κ1) is 16.9. The monoisotopic (exact) mass is 379 g/mol. The summed E-state index contributed by atoms with van der Waals surface area (Å²) in [5, 5.41) is 5.27. The molecule has 0 bridgehead atoms. The van der Waals surface area contributed by atoms with E-state index in [1.165, 1.54) is 0 Å². The molecule has 1 amide bonds. The minimum atomic E-state index is 0.299. The van der Waals surface area contributed by atoms with E-state index in [1.54, 1.807) is 12.1 Å². The molecule has 0 spiro atoms. The molecule has 0 N–H and O–H groups in total. The van der Waals surface area contributed by atoms with Crippen molar-refractivity contribution in [3.63, 3.8) is 0 Å². The van der Waals surface area contributed by atoms with Gasteiger partial charge in [0.15, 0.2) is 5.76 Å². The smallest absolute Gasteiger partial charge is 0.225 e. The van der Waals surface area contributed by atoms with Crippen molar-refractivity contribution >= 4 is 29.1 Å². The highest BCUT2D eigenvalue weighted by atomic mass is 35.5. The number of amides is 1. The number of carbonyl (C=O) groups excluding carboxylic acids is 1. The molecular weight excluding hydrogens is 361 g/mol. The zero-order chi connectivity index (χ0) is 17.4. The van der Waals surface area contributed by atoms with Gasteiger partial charge < -0.3 is 9.42 Å². The third-order valence-electron chi connectivity index (χ3n) is 4.76. The summed E-state index contributed by atoms with van der Waals surface area (Å²) in [7, 11) is 0. The average Bonchev–Trinajstić information content (AvgIpc) is 3.35. The van der Waals surface area contributed by atoms with E-state index in [-0.39, 0.29) is 0 Å². The Hall–Kier alpha value is -1.56. The summed E-state index contributed by atoms with van der Waals surface area (Å²) in [5.41, 5.74) is 1.51. The van der Waals surface area contributed by atoms with Gasteiger partial charge in [0, 0.05) is 48.7 Å². The van der Waals surface area contributed by atoms with Crippen LogP contribution in [-0.4, -0.2) is 47.0 Å². The van der Waals surface area contributed by atoms with Gasteiger partial charge in [-0.1, -0.05) is 28.4 Å². The van der Waals surface area contributed by atoms with Crippen LogP contribution in [0.4, 0.5) is 0 Å². The fourth-order valence-corrected chi connectivity index (χ4v) is 3.65. The second-order valence-electron chi connectivity index (χ2n) is 6.68. The van der Waals surface area contributed by atoms with Crippen molar-refractivity contribution in [2.75, 3.05) is 26.2 Å². The summed E-state index contributed by atoms with van der Waals surface area (Å²) < 4.78 is 5.47. The molecule has 2 aliphatic rings. The van der Waals surface area contributed by atoms with Crippen molar-refractivity contribution in [2.45, 2.75) is 19.4 Å². The molecule has 2 heterocycles. The zero-order valence-corrected chi connectivity index (χ0v) is 15.3. The summed E-state index contributed by atoms with van der Waals surface area (Å²) in [6.45, 7) is 3.98. The van der Waals surface area contributed by atoms with Crippen molar-refractivity contribution in [1.82, 2.24) is 15.0 Å². The molecule has 7 heteroatoms. The van der Waals surface area contributed by atoms with Gasteiger partial charge in [0.05, 0.1) is 11.6 Å². The lowest BCUT2D eigenvalue weighted by atomic mass is 10.1. The molecule has 0 radical (unpaired) electrons. The van der Waals surface area contributed by atoms with Gasteiger partial charge in [-0.25, -0.2) is 0 Å². The van der Waals surface area contributed by atoms with Gasteiger partial charge in [-0.3, -0.25) is 9.69 Å². The van der Waals surface area contributed by atoms with Crippen molar-refractivity contribution in [3.8, 4) is 11.3 Å². The first-order chi connectivity index (χ1) is 12.1. The number of halogens is 2. The number of nitrogens with zero attached hydrogens (tertiary/aromatic N) is 3. The molecular formula is C18H19Cl2N3O2. The third-order valence-corrected chi connectivity index (χ3v) is 5.30. The predicted molar refractivity (Wildman–Crippen MR) is 96.5 cm³/mol. The van der Waals surface area contributed by atoms with Crippen LogP contribution in [0.25, 0.3) is 11.3 Å². The van der Waals surface area contributed by atoms with Gasteiger partial charge in [-0.05, 0) is 31.0 Å². The quantitative estimate of drug-likeness (QED) is 0.812. The highest BCUT2D eigenvalue weighted by Crippen LogP contribution is 2.32. The lowest BCUT2D eigenvalue weighted by Gasteiger charge is -2.34. The van der Waals surface area contributed by atoms with Gasteiger partial charge in [-0.15, -0.1) is 0 Å². The number of rotatable bonds is 4. The molecule has 1 aromatic carbocycles. The zero-order valence-electron chi connectivity index (χ0n) is 13.8. The van der Waals surface area contributed by atoms with Gasteiger partial charge in [0.25, 0.3) is 0 Å². The number of hydrogen-bond acceptors (Lipinski definition) is 4.